The maximum Gasteiger partial charge on any atom is 0.306 e. The van der Waals surface area contributed by atoms with E-state index in [2.05, 4.69) is 106 Å². The second kappa shape index (κ2) is 59.2. The highest BCUT2D eigenvalue weighted by Crippen LogP contribution is 2.16. The van der Waals surface area contributed by atoms with Gasteiger partial charge in [-0.3, -0.25) is 14.4 Å². The lowest BCUT2D eigenvalue weighted by Crippen LogP contribution is -2.30. The molecule has 0 amide bonds. The van der Waals surface area contributed by atoms with Gasteiger partial charge in [0.15, 0.2) is 6.10 Å². The average Bonchev–Trinajstić information content (AvgIpc) is 3.37. The molecule has 0 fully saturated rings. The second-order valence-corrected chi connectivity index (χ2v) is 19.9. The fourth-order valence-corrected chi connectivity index (χ4v) is 8.38. The number of carbonyl (C=O) groups excluding carboxylic acids is 3. The smallest absolute Gasteiger partial charge is 0.306 e. The summed E-state index contributed by atoms with van der Waals surface area (Å²) in [6.07, 6.45) is 77.8. The van der Waals surface area contributed by atoms with Gasteiger partial charge in [0.2, 0.25) is 0 Å². The fraction of sp³-hybridized carbons (Fsp3) is 0.738. The van der Waals surface area contributed by atoms with Crippen LogP contribution in [0.1, 0.15) is 290 Å². The molecule has 1 unspecified atom stereocenters. The van der Waals surface area contributed by atoms with E-state index in [9.17, 15) is 14.4 Å². The molecule has 0 aliphatic rings. The van der Waals surface area contributed by atoms with E-state index in [4.69, 9.17) is 14.2 Å². The molecule has 408 valence electrons. The lowest BCUT2D eigenvalue weighted by Gasteiger charge is -2.18. The van der Waals surface area contributed by atoms with Crippen molar-refractivity contribution < 1.29 is 28.6 Å². The van der Waals surface area contributed by atoms with Crippen molar-refractivity contribution in [3.05, 3.63) is 85.1 Å². The van der Waals surface area contributed by atoms with Gasteiger partial charge in [-0.25, -0.2) is 0 Å². The number of ether oxygens (including phenoxy) is 3. The monoisotopic (exact) mass is 989 g/mol. The number of carbonyl (C=O) groups is 3. The van der Waals surface area contributed by atoms with Gasteiger partial charge in [-0.15, -0.1) is 0 Å². The zero-order valence-electron chi connectivity index (χ0n) is 46.7. The van der Waals surface area contributed by atoms with Gasteiger partial charge in [-0.2, -0.15) is 0 Å². The van der Waals surface area contributed by atoms with Gasteiger partial charge in [0, 0.05) is 19.3 Å². The molecule has 0 N–H and O–H groups in total. The molecule has 1 atom stereocenters. The van der Waals surface area contributed by atoms with Crippen LogP contribution < -0.4 is 0 Å². The van der Waals surface area contributed by atoms with Crippen LogP contribution in [0.2, 0.25) is 0 Å². The van der Waals surface area contributed by atoms with Crippen LogP contribution in [0.25, 0.3) is 0 Å². The molecule has 0 aliphatic carbocycles. The molecule has 0 aromatic rings. The summed E-state index contributed by atoms with van der Waals surface area (Å²) in [5.74, 6) is -0.894. The third kappa shape index (κ3) is 57.4. The number of rotatable bonds is 54. The third-order valence-corrected chi connectivity index (χ3v) is 12.9. The lowest BCUT2D eigenvalue weighted by atomic mass is 10.0. The first-order chi connectivity index (χ1) is 35.0. The van der Waals surface area contributed by atoms with Gasteiger partial charge in [0.05, 0.1) is 0 Å². The molecule has 0 bridgehead atoms. The van der Waals surface area contributed by atoms with Crippen molar-refractivity contribution in [2.45, 2.75) is 297 Å². The quantitative estimate of drug-likeness (QED) is 0.0261. The summed E-state index contributed by atoms with van der Waals surface area (Å²) in [7, 11) is 0. The molecular weight excluding hydrogens is 877 g/mol. The predicted molar refractivity (Wildman–Crippen MR) is 307 cm³/mol. The van der Waals surface area contributed by atoms with E-state index in [1.165, 1.54) is 135 Å². The topological polar surface area (TPSA) is 78.9 Å². The van der Waals surface area contributed by atoms with Crippen LogP contribution in [-0.2, 0) is 28.6 Å². The van der Waals surface area contributed by atoms with Crippen LogP contribution in [0.5, 0.6) is 0 Å². The number of hydrogen-bond acceptors (Lipinski definition) is 6. The second-order valence-electron chi connectivity index (χ2n) is 19.9. The Morgan fingerprint density at radius 3 is 0.873 bits per heavy atom. The van der Waals surface area contributed by atoms with E-state index >= 15 is 0 Å². The van der Waals surface area contributed by atoms with Crippen molar-refractivity contribution in [2.75, 3.05) is 13.2 Å². The van der Waals surface area contributed by atoms with Crippen molar-refractivity contribution in [3.8, 4) is 0 Å². The van der Waals surface area contributed by atoms with Crippen LogP contribution >= 0.6 is 0 Å². The molecule has 6 heteroatoms. The van der Waals surface area contributed by atoms with Gasteiger partial charge in [-0.05, 0) is 96.3 Å². The summed E-state index contributed by atoms with van der Waals surface area (Å²) in [5.41, 5.74) is 0. The number of hydrogen-bond donors (Lipinski definition) is 0. The normalized spacial score (nSPS) is 12.7. The molecule has 0 aromatic heterocycles. The van der Waals surface area contributed by atoms with Crippen LogP contribution in [0.3, 0.4) is 0 Å². The summed E-state index contributed by atoms with van der Waals surface area (Å²) >= 11 is 0. The molecule has 0 aromatic carbocycles. The minimum Gasteiger partial charge on any atom is -0.462 e. The molecule has 0 spiro atoms. The Kier molecular flexibility index (Phi) is 56.3. The Labute approximate surface area is 439 Å². The largest absolute Gasteiger partial charge is 0.462 e. The first kappa shape index (κ1) is 67.6. The molecule has 0 saturated heterocycles. The molecule has 71 heavy (non-hydrogen) atoms. The van der Waals surface area contributed by atoms with Crippen LogP contribution in [0.4, 0.5) is 0 Å². The van der Waals surface area contributed by atoms with E-state index in [1.54, 1.807) is 0 Å². The number of allylic oxidation sites excluding steroid dienone is 14. The van der Waals surface area contributed by atoms with Gasteiger partial charge in [0.1, 0.15) is 13.2 Å². The van der Waals surface area contributed by atoms with Gasteiger partial charge < -0.3 is 14.2 Å². The SMILES string of the molecule is CC/C=C\C/C=C\C/C=C\C/C=C\C/C=C\C/C=C\CCCCCCCCCCCCCCCCC(=O)OCC(COC(=O)CCCCCCC)OC(=O)CCCCCCC/C=C\CCCCCCCC. The highest BCUT2D eigenvalue weighted by molar-refractivity contribution is 5.71. The van der Waals surface area contributed by atoms with Gasteiger partial charge in [-0.1, -0.05) is 260 Å². The molecule has 0 aliphatic heterocycles. The van der Waals surface area contributed by atoms with Crippen molar-refractivity contribution in [1.82, 2.24) is 0 Å². The van der Waals surface area contributed by atoms with E-state index in [-0.39, 0.29) is 31.1 Å². The van der Waals surface area contributed by atoms with E-state index in [1.807, 2.05) is 0 Å². The zero-order valence-corrected chi connectivity index (χ0v) is 46.7. The Morgan fingerprint density at radius 2 is 0.549 bits per heavy atom. The Bertz CT molecular complexity index is 1370. The Balaban J connectivity index is 3.98. The van der Waals surface area contributed by atoms with Crippen LogP contribution in [0, 0.1) is 0 Å². The molecule has 0 saturated carbocycles. The predicted octanol–water partition coefficient (Wildman–Crippen LogP) is 20.3. The number of unbranched alkanes of at least 4 members (excludes halogenated alkanes) is 29. The van der Waals surface area contributed by atoms with E-state index in [0.29, 0.717) is 19.3 Å². The van der Waals surface area contributed by atoms with Gasteiger partial charge >= 0.3 is 17.9 Å². The Morgan fingerprint density at radius 1 is 0.296 bits per heavy atom. The van der Waals surface area contributed by atoms with E-state index in [0.717, 1.165) is 116 Å². The maximum atomic E-state index is 12.8. The first-order valence-electron chi connectivity index (χ1n) is 30.1. The van der Waals surface area contributed by atoms with Crippen molar-refractivity contribution in [2.24, 2.45) is 0 Å². The van der Waals surface area contributed by atoms with Crippen LogP contribution in [-0.4, -0.2) is 37.2 Å². The number of esters is 3. The van der Waals surface area contributed by atoms with Crippen molar-refractivity contribution >= 4 is 17.9 Å². The van der Waals surface area contributed by atoms with E-state index < -0.39 is 6.10 Å². The first-order valence-corrected chi connectivity index (χ1v) is 30.1. The summed E-state index contributed by atoms with van der Waals surface area (Å²) in [5, 5.41) is 0. The van der Waals surface area contributed by atoms with Crippen molar-refractivity contribution in [3.63, 3.8) is 0 Å². The van der Waals surface area contributed by atoms with Gasteiger partial charge in [0.25, 0.3) is 0 Å². The summed E-state index contributed by atoms with van der Waals surface area (Å²) in [4.78, 5) is 37.8. The highest BCUT2D eigenvalue weighted by atomic mass is 16.6. The molecule has 6 nitrogen and oxygen atoms in total. The van der Waals surface area contributed by atoms with Crippen LogP contribution in [0.15, 0.2) is 85.1 Å². The summed E-state index contributed by atoms with van der Waals surface area (Å²) in [6, 6.07) is 0. The lowest BCUT2D eigenvalue weighted by molar-refractivity contribution is -0.167. The highest BCUT2D eigenvalue weighted by Gasteiger charge is 2.19. The minimum absolute atomic E-state index is 0.0776. The maximum absolute atomic E-state index is 12.8. The zero-order chi connectivity index (χ0) is 51.4. The van der Waals surface area contributed by atoms with Crippen molar-refractivity contribution in [1.29, 1.82) is 0 Å². The molecule has 0 radical (unpaired) electrons. The molecule has 0 rings (SSSR count). The standard InChI is InChI=1S/C65H112O6/c1-4-7-10-13-15-17-19-21-23-24-25-26-27-28-29-30-31-32-33-34-35-36-37-38-39-40-42-43-45-47-49-52-55-58-64(67)70-61-62(60-69-63(66)57-54-51-12-9-6-3)71-65(68)59-56-53-50-48-46-44-41-22-20-18-16-14-11-8-5-2/h7,10,15,17,21-23,25-26,28-29,31-32,41,62H,4-6,8-9,11-14,16,18-20,24,27,30,33-40,42-61H2,1-3H3/b10-7-,17-15-,23-21-,26-25-,29-28-,32-31-,41-22-. The third-order valence-electron chi connectivity index (χ3n) is 12.9. The summed E-state index contributed by atoms with van der Waals surface area (Å²) < 4.78 is 16.7. The summed E-state index contributed by atoms with van der Waals surface area (Å²) in [6.45, 7) is 6.44. The fourth-order valence-electron chi connectivity index (χ4n) is 8.38. The Hall–Kier alpha value is -3.41. The minimum atomic E-state index is -0.775. The molecule has 0 heterocycles. The average molecular weight is 990 g/mol. The molecular formula is C65H112O6.